The van der Waals surface area contributed by atoms with Crippen molar-refractivity contribution < 1.29 is 0 Å². The molecule has 1 aromatic rings. The van der Waals surface area contributed by atoms with Crippen molar-refractivity contribution in [1.82, 2.24) is 15.1 Å². The van der Waals surface area contributed by atoms with Gasteiger partial charge in [-0.2, -0.15) is 5.10 Å². The lowest BCUT2D eigenvalue weighted by atomic mass is 10.2. The quantitative estimate of drug-likeness (QED) is 0.776. The molecule has 1 atom stereocenters. The summed E-state index contributed by atoms with van der Waals surface area (Å²) in [6.07, 6.45) is 8.14. The molecule has 0 amide bonds. The first-order chi connectivity index (χ1) is 7.29. The molecular weight excluding hydrogens is 186 g/mol. The summed E-state index contributed by atoms with van der Waals surface area (Å²) in [7, 11) is 0. The van der Waals surface area contributed by atoms with Crippen LogP contribution < -0.4 is 5.32 Å². The van der Waals surface area contributed by atoms with Crippen LogP contribution in [0.4, 0.5) is 0 Å². The fourth-order valence-corrected chi connectivity index (χ4v) is 1.75. The zero-order chi connectivity index (χ0) is 10.7. The summed E-state index contributed by atoms with van der Waals surface area (Å²) in [5.74, 6) is 0.900. The summed E-state index contributed by atoms with van der Waals surface area (Å²) in [4.78, 5) is 0. The average Bonchev–Trinajstić information content (AvgIpc) is 2.91. The van der Waals surface area contributed by atoms with Gasteiger partial charge in [0.2, 0.25) is 0 Å². The summed E-state index contributed by atoms with van der Waals surface area (Å²) in [6.45, 7) is 6.58. The molecule has 1 fully saturated rings. The molecule has 1 aliphatic rings. The van der Waals surface area contributed by atoms with E-state index in [0.717, 1.165) is 19.0 Å². The zero-order valence-corrected chi connectivity index (χ0v) is 9.74. The molecule has 1 saturated carbocycles. The molecular formula is C12H21N3. The molecule has 0 radical (unpaired) electrons. The molecule has 0 bridgehead atoms. The van der Waals surface area contributed by atoms with Crippen molar-refractivity contribution in [1.29, 1.82) is 0 Å². The van der Waals surface area contributed by atoms with Gasteiger partial charge in [0, 0.05) is 24.3 Å². The van der Waals surface area contributed by atoms with Crippen LogP contribution in [0.25, 0.3) is 0 Å². The summed E-state index contributed by atoms with van der Waals surface area (Å²) in [6, 6.07) is 0.429. The molecule has 84 valence electrons. The summed E-state index contributed by atoms with van der Waals surface area (Å²) in [5, 5.41) is 7.88. The molecule has 3 nitrogen and oxygen atoms in total. The third kappa shape index (κ3) is 3.06. The number of rotatable bonds is 6. The predicted molar refractivity (Wildman–Crippen MR) is 61.7 cm³/mol. The second kappa shape index (κ2) is 4.79. The number of hydrogen-bond donors (Lipinski definition) is 1. The number of aromatic nitrogens is 2. The second-order valence-corrected chi connectivity index (χ2v) is 4.61. The van der Waals surface area contributed by atoms with Gasteiger partial charge in [-0.3, -0.25) is 4.68 Å². The van der Waals surface area contributed by atoms with Crippen molar-refractivity contribution in [3.8, 4) is 0 Å². The third-order valence-corrected chi connectivity index (χ3v) is 3.00. The Hall–Kier alpha value is -0.830. The van der Waals surface area contributed by atoms with Crippen LogP contribution in [0, 0.1) is 5.92 Å². The van der Waals surface area contributed by atoms with Gasteiger partial charge < -0.3 is 5.32 Å². The summed E-state index contributed by atoms with van der Waals surface area (Å²) >= 11 is 0. The second-order valence-electron chi connectivity index (χ2n) is 4.61. The Kier molecular flexibility index (Phi) is 3.41. The van der Waals surface area contributed by atoms with Gasteiger partial charge in [0.25, 0.3) is 0 Å². The minimum absolute atomic E-state index is 0.429. The van der Waals surface area contributed by atoms with Crippen LogP contribution in [0.1, 0.15) is 44.7 Å². The molecule has 1 N–H and O–H groups in total. The van der Waals surface area contributed by atoms with E-state index in [4.69, 9.17) is 0 Å². The van der Waals surface area contributed by atoms with E-state index in [-0.39, 0.29) is 0 Å². The predicted octanol–water partition coefficient (Wildman–Crippen LogP) is 2.35. The molecule has 1 aliphatic carbocycles. The van der Waals surface area contributed by atoms with Crippen LogP contribution in [0.3, 0.4) is 0 Å². The van der Waals surface area contributed by atoms with Crippen LogP contribution in [0.2, 0.25) is 0 Å². The van der Waals surface area contributed by atoms with Gasteiger partial charge in [-0.15, -0.1) is 0 Å². The Balaban J connectivity index is 1.86. The van der Waals surface area contributed by atoms with Gasteiger partial charge in [0.15, 0.2) is 0 Å². The summed E-state index contributed by atoms with van der Waals surface area (Å²) in [5.41, 5.74) is 1.31. The molecule has 1 unspecified atom stereocenters. The highest BCUT2D eigenvalue weighted by Crippen LogP contribution is 2.30. The molecule has 2 rings (SSSR count). The maximum absolute atomic E-state index is 4.40. The van der Waals surface area contributed by atoms with E-state index in [1.807, 2.05) is 6.20 Å². The Morgan fingerprint density at radius 2 is 2.40 bits per heavy atom. The van der Waals surface area contributed by atoms with E-state index in [1.54, 1.807) is 0 Å². The smallest absolute Gasteiger partial charge is 0.0537 e. The lowest BCUT2D eigenvalue weighted by molar-refractivity contribution is 0.554. The van der Waals surface area contributed by atoms with Gasteiger partial charge in [-0.05, 0) is 38.6 Å². The Labute approximate surface area is 91.9 Å². The van der Waals surface area contributed by atoms with Gasteiger partial charge >= 0.3 is 0 Å². The first-order valence-corrected chi connectivity index (χ1v) is 6.05. The SMILES string of the molecule is CCCNC(C)c1cnn(CC2CC2)c1. The van der Waals surface area contributed by atoms with E-state index in [9.17, 15) is 0 Å². The van der Waals surface area contributed by atoms with Crippen molar-refractivity contribution >= 4 is 0 Å². The minimum Gasteiger partial charge on any atom is -0.310 e. The van der Waals surface area contributed by atoms with Crippen LogP contribution in [-0.2, 0) is 6.54 Å². The molecule has 1 heterocycles. The van der Waals surface area contributed by atoms with Crippen LogP contribution in [-0.4, -0.2) is 16.3 Å². The third-order valence-electron chi connectivity index (χ3n) is 3.00. The van der Waals surface area contributed by atoms with Crippen LogP contribution >= 0.6 is 0 Å². The van der Waals surface area contributed by atoms with Crippen LogP contribution in [0.5, 0.6) is 0 Å². The van der Waals surface area contributed by atoms with E-state index >= 15 is 0 Å². The summed E-state index contributed by atoms with van der Waals surface area (Å²) < 4.78 is 2.09. The topological polar surface area (TPSA) is 29.9 Å². The number of nitrogens with zero attached hydrogens (tertiary/aromatic N) is 2. The molecule has 0 aromatic carbocycles. The van der Waals surface area contributed by atoms with E-state index in [2.05, 4.69) is 35.1 Å². The van der Waals surface area contributed by atoms with Gasteiger partial charge in [-0.1, -0.05) is 6.92 Å². The normalized spacial score (nSPS) is 18.0. The van der Waals surface area contributed by atoms with Crippen molar-refractivity contribution in [2.24, 2.45) is 5.92 Å². The molecule has 3 heteroatoms. The first kappa shape index (κ1) is 10.7. The molecule has 15 heavy (non-hydrogen) atoms. The minimum atomic E-state index is 0.429. The Morgan fingerprint density at radius 1 is 1.60 bits per heavy atom. The maximum Gasteiger partial charge on any atom is 0.0537 e. The molecule has 0 aliphatic heterocycles. The highest BCUT2D eigenvalue weighted by Gasteiger charge is 2.22. The van der Waals surface area contributed by atoms with Crippen molar-refractivity contribution in [2.75, 3.05) is 6.54 Å². The average molecular weight is 207 g/mol. The molecule has 0 spiro atoms. The monoisotopic (exact) mass is 207 g/mol. The molecule has 0 saturated heterocycles. The fourth-order valence-electron chi connectivity index (χ4n) is 1.75. The van der Waals surface area contributed by atoms with E-state index < -0.39 is 0 Å². The van der Waals surface area contributed by atoms with Gasteiger partial charge in [0.05, 0.1) is 6.20 Å². The fraction of sp³-hybridized carbons (Fsp3) is 0.750. The van der Waals surface area contributed by atoms with E-state index in [1.165, 1.54) is 24.8 Å². The lowest BCUT2D eigenvalue weighted by Crippen LogP contribution is -2.18. The standard InChI is InChI=1S/C12H21N3/c1-3-6-13-10(2)12-7-14-15(9-12)8-11-4-5-11/h7,9-11,13H,3-6,8H2,1-2H3. The lowest BCUT2D eigenvalue weighted by Gasteiger charge is -2.10. The van der Waals surface area contributed by atoms with Crippen molar-refractivity contribution in [2.45, 2.75) is 45.7 Å². The Morgan fingerprint density at radius 3 is 3.07 bits per heavy atom. The van der Waals surface area contributed by atoms with Crippen molar-refractivity contribution in [3.63, 3.8) is 0 Å². The molecule has 1 aromatic heterocycles. The van der Waals surface area contributed by atoms with Gasteiger partial charge in [-0.25, -0.2) is 0 Å². The van der Waals surface area contributed by atoms with Gasteiger partial charge in [0.1, 0.15) is 0 Å². The highest BCUT2D eigenvalue weighted by molar-refractivity contribution is 5.09. The maximum atomic E-state index is 4.40. The number of nitrogens with one attached hydrogen (secondary N) is 1. The highest BCUT2D eigenvalue weighted by atomic mass is 15.3. The van der Waals surface area contributed by atoms with Crippen LogP contribution in [0.15, 0.2) is 12.4 Å². The van der Waals surface area contributed by atoms with E-state index in [0.29, 0.717) is 6.04 Å². The zero-order valence-electron chi connectivity index (χ0n) is 9.74. The van der Waals surface area contributed by atoms with Crippen molar-refractivity contribution in [3.05, 3.63) is 18.0 Å². The first-order valence-electron chi connectivity index (χ1n) is 6.05. The number of hydrogen-bond acceptors (Lipinski definition) is 2. The largest absolute Gasteiger partial charge is 0.310 e. The Bertz CT molecular complexity index is 302.